The number of carbonyl (C=O) groups excluding carboxylic acids is 3. The van der Waals surface area contributed by atoms with Crippen molar-refractivity contribution in [1.82, 2.24) is 9.80 Å². The molecule has 0 bridgehead atoms. The van der Waals surface area contributed by atoms with Crippen LogP contribution in [0.5, 0.6) is 0 Å². The number of likely N-dealkylation sites (N-methyl/N-ethyl adjacent to an activating group) is 1. The number of carbonyl (C=O) groups is 3. The minimum absolute atomic E-state index is 0.188. The third-order valence-corrected chi connectivity index (χ3v) is 6.70. The molecule has 3 aliphatic rings. The van der Waals surface area contributed by atoms with Crippen LogP contribution in [0.1, 0.15) is 18.1 Å². The minimum atomic E-state index is -1.14. The Balaban J connectivity index is 1.62. The summed E-state index contributed by atoms with van der Waals surface area (Å²) in [7, 11) is 1.84. The van der Waals surface area contributed by atoms with Crippen molar-refractivity contribution in [2.24, 2.45) is 11.8 Å². The van der Waals surface area contributed by atoms with E-state index < -0.39 is 17.4 Å². The zero-order valence-electron chi connectivity index (χ0n) is 15.8. The third kappa shape index (κ3) is 1.93. The Morgan fingerprint density at radius 2 is 1.64 bits per heavy atom. The van der Waals surface area contributed by atoms with E-state index in [4.69, 9.17) is 0 Å². The fourth-order valence-electron chi connectivity index (χ4n) is 5.30. The van der Waals surface area contributed by atoms with Crippen LogP contribution >= 0.6 is 0 Å². The number of amides is 3. The van der Waals surface area contributed by atoms with Gasteiger partial charge in [-0.3, -0.25) is 24.2 Å². The highest BCUT2D eigenvalue weighted by Crippen LogP contribution is 2.57. The number of benzene rings is 2. The van der Waals surface area contributed by atoms with E-state index in [2.05, 4.69) is 5.32 Å². The van der Waals surface area contributed by atoms with Crippen LogP contribution in [0.4, 0.5) is 5.69 Å². The van der Waals surface area contributed by atoms with Crippen molar-refractivity contribution in [3.05, 3.63) is 65.7 Å². The largest absolute Gasteiger partial charge is 0.324 e. The van der Waals surface area contributed by atoms with Gasteiger partial charge in [-0.1, -0.05) is 48.5 Å². The first-order valence-electron chi connectivity index (χ1n) is 9.51. The molecule has 0 radical (unpaired) electrons. The minimum Gasteiger partial charge on any atom is -0.324 e. The highest BCUT2D eigenvalue weighted by molar-refractivity contribution is 6.15. The van der Waals surface area contributed by atoms with Gasteiger partial charge in [-0.25, -0.2) is 0 Å². The molecular weight excluding hydrogens is 354 g/mol. The maximum Gasteiger partial charge on any atom is 0.250 e. The summed E-state index contributed by atoms with van der Waals surface area (Å²) < 4.78 is 0. The Labute approximate surface area is 163 Å². The monoisotopic (exact) mass is 375 g/mol. The molecule has 5 rings (SSSR count). The lowest BCUT2D eigenvalue weighted by Crippen LogP contribution is -2.53. The van der Waals surface area contributed by atoms with Gasteiger partial charge in [0.2, 0.25) is 17.7 Å². The molecule has 28 heavy (non-hydrogen) atoms. The predicted molar refractivity (Wildman–Crippen MR) is 103 cm³/mol. The van der Waals surface area contributed by atoms with Gasteiger partial charge >= 0.3 is 0 Å². The Kier molecular flexibility index (Phi) is 3.52. The van der Waals surface area contributed by atoms with Crippen LogP contribution in [0.25, 0.3) is 0 Å². The van der Waals surface area contributed by atoms with Gasteiger partial charge < -0.3 is 5.32 Å². The number of nitrogens with zero attached hydrogens (tertiary/aromatic N) is 2. The Hall–Kier alpha value is -2.99. The molecule has 1 spiro atoms. The molecule has 3 aliphatic heterocycles. The van der Waals surface area contributed by atoms with Crippen LogP contribution in [0, 0.1) is 11.8 Å². The van der Waals surface area contributed by atoms with Gasteiger partial charge in [0.05, 0.1) is 18.4 Å². The molecule has 2 fully saturated rings. The summed E-state index contributed by atoms with van der Waals surface area (Å²) in [4.78, 5) is 43.3. The van der Waals surface area contributed by atoms with Gasteiger partial charge in [-0.15, -0.1) is 0 Å². The molecule has 0 saturated carbocycles. The number of likely N-dealkylation sites (tertiary alicyclic amines) is 2. The SMILES string of the molecule is CC1[C@H]2C(=O)N(Cc3ccccc3)C(=O)[C@H]2[C@]2(C(=O)Nc3ccccc32)N1C. The van der Waals surface area contributed by atoms with E-state index in [1.54, 1.807) is 0 Å². The van der Waals surface area contributed by atoms with Crippen molar-refractivity contribution in [3.63, 3.8) is 0 Å². The topological polar surface area (TPSA) is 69.7 Å². The van der Waals surface area contributed by atoms with Gasteiger partial charge in [-0.2, -0.15) is 0 Å². The number of hydrogen-bond acceptors (Lipinski definition) is 4. The molecular formula is C22H21N3O3. The quantitative estimate of drug-likeness (QED) is 0.815. The summed E-state index contributed by atoms with van der Waals surface area (Å²) in [5.74, 6) is -1.92. The smallest absolute Gasteiger partial charge is 0.250 e. The highest BCUT2D eigenvalue weighted by atomic mass is 16.2. The van der Waals surface area contributed by atoms with Crippen molar-refractivity contribution in [2.45, 2.75) is 25.0 Å². The number of rotatable bonds is 2. The number of fused-ring (bicyclic) bond motifs is 4. The summed E-state index contributed by atoms with van der Waals surface area (Å²) in [6.45, 7) is 2.17. The summed E-state index contributed by atoms with van der Waals surface area (Å²) in [6, 6.07) is 16.7. The Morgan fingerprint density at radius 1 is 0.964 bits per heavy atom. The molecule has 2 aromatic rings. The molecule has 1 N–H and O–H groups in total. The molecule has 1 unspecified atom stereocenters. The van der Waals surface area contributed by atoms with E-state index in [1.165, 1.54) is 4.90 Å². The maximum atomic E-state index is 13.5. The first-order valence-corrected chi connectivity index (χ1v) is 9.51. The molecule has 2 aromatic carbocycles. The van der Waals surface area contributed by atoms with Crippen LogP contribution < -0.4 is 5.32 Å². The molecule has 0 aromatic heterocycles. The standard InChI is InChI=1S/C22H21N3O3/c1-13-17-18(20(27)25(19(17)26)12-14-8-4-3-5-9-14)22(24(13)2)15-10-6-7-11-16(15)23-21(22)28/h3-11,13,17-18H,12H2,1-2H3,(H,23,28)/t13?,17-,18+,22-/m1/s1. The summed E-state index contributed by atoms with van der Waals surface area (Å²) in [5, 5.41) is 2.93. The summed E-state index contributed by atoms with van der Waals surface area (Å²) >= 11 is 0. The number of para-hydroxylation sites is 1. The van der Waals surface area contributed by atoms with Gasteiger partial charge in [-0.05, 0) is 25.6 Å². The van der Waals surface area contributed by atoms with Crippen molar-refractivity contribution in [1.29, 1.82) is 0 Å². The van der Waals surface area contributed by atoms with E-state index in [1.807, 2.05) is 73.5 Å². The molecule has 2 saturated heterocycles. The van der Waals surface area contributed by atoms with Crippen molar-refractivity contribution < 1.29 is 14.4 Å². The zero-order valence-corrected chi connectivity index (χ0v) is 15.8. The average molecular weight is 375 g/mol. The van der Waals surface area contributed by atoms with E-state index >= 15 is 0 Å². The molecule has 6 nitrogen and oxygen atoms in total. The fourth-order valence-corrected chi connectivity index (χ4v) is 5.30. The molecule has 4 atom stereocenters. The van der Waals surface area contributed by atoms with Crippen LogP contribution in [0.2, 0.25) is 0 Å². The zero-order chi connectivity index (χ0) is 19.6. The van der Waals surface area contributed by atoms with E-state index in [-0.39, 0.29) is 30.3 Å². The first kappa shape index (κ1) is 17.1. The maximum absolute atomic E-state index is 13.5. The second kappa shape index (κ2) is 5.75. The number of anilines is 1. The van der Waals surface area contributed by atoms with Crippen molar-refractivity contribution in [2.75, 3.05) is 12.4 Å². The molecule has 3 amide bonds. The van der Waals surface area contributed by atoms with Gasteiger partial charge in [0.25, 0.3) is 0 Å². The van der Waals surface area contributed by atoms with Crippen LogP contribution in [0.3, 0.4) is 0 Å². The van der Waals surface area contributed by atoms with Crippen molar-refractivity contribution in [3.8, 4) is 0 Å². The van der Waals surface area contributed by atoms with E-state index in [0.29, 0.717) is 5.69 Å². The average Bonchev–Trinajstić information content (AvgIpc) is 3.22. The van der Waals surface area contributed by atoms with Gasteiger partial charge in [0, 0.05) is 17.3 Å². The molecule has 3 heterocycles. The fraction of sp³-hybridized carbons (Fsp3) is 0.318. The Morgan fingerprint density at radius 3 is 2.39 bits per heavy atom. The number of nitrogens with one attached hydrogen (secondary N) is 1. The highest BCUT2D eigenvalue weighted by Gasteiger charge is 2.72. The predicted octanol–water partition coefficient (Wildman–Crippen LogP) is 1.97. The number of hydrogen-bond donors (Lipinski definition) is 1. The molecule has 6 heteroatoms. The summed E-state index contributed by atoms with van der Waals surface area (Å²) in [6.07, 6.45) is 0. The van der Waals surface area contributed by atoms with Crippen LogP contribution in [-0.2, 0) is 26.5 Å². The second-order valence-electron chi connectivity index (χ2n) is 7.87. The lowest BCUT2D eigenvalue weighted by Gasteiger charge is -2.36. The second-order valence-corrected chi connectivity index (χ2v) is 7.87. The summed E-state index contributed by atoms with van der Waals surface area (Å²) in [5.41, 5.74) is 1.26. The van der Waals surface area contributed by atoms with Gasteiger partial charge in [0.15, 0.2) is 0 Å². The third-order valence-electron chi connectivity index (χ3n) is 6.70. The van der Waals surface area contributed by atoms with E-state index in [9.17, 15) is 14.4 Å². The molecule has 142 valence electrons. The van der Waals surface area contributed by atoms with Gasteiger partial charge in [0.1, 0.15) is 5.54 Å². The Bertz CT molecular complexity index is 1010. The van der Waals surface area contributed by atoms with Crippen LogP contribution in [0.15, 0.2) is 54.6 Å². The first-order chi connectivity index (χ1) is 13.5. The van der Waals surface area contributed by atoms with Crippen molar-refractivity contribution >= 4 is 23.4 Å². The van der Waals surface area contributed by atoms with Crippen LogP contribution in [-0.4, -0.2) is 40.6 Å². The normalized spacial score (nSPS) is 31.4. The lowest BCUT2D eigenvalue weighted by atomic mass is 9.76. The molecule has 0 aliphatic carbocycles. The lowest BCUT2D eigenvalue weighted by molar-refractivity contribution is -0.146. The number of imide groups is 1. The van der Waals surface area contributed by atoms with E-state index in [0.717, 1.165) is 11.1 Å².